The fraction of sp³-hybridized carbons (Fsp3) is 0.571. The van der Waals surface area contributed by atoms with Gasteiger partial charge in [0.25, 0.3) is 0 Å². The first kappa shape index (κ1) is 20.3. The maximum Gasteiger partial charge on any atom is 0.310 e. The van der Waals surface area contributed by atoms with Gasteiger partial charge in [0.2, 0.25) is 5.91 Å². The Balaban J connectivity index is 1.42. The molecule has 9 nitrogen and oxygen atoms in total. The fourth-order valence-corrected chi connectivity index (χ4v) is 4.31. The molecule has 0 spiro atoms. The van der Waals surface area contributed by atoms with E-state index in [0.29, 0.717) is 32.1 Å². The lowest BCUT2D eigenvalue weighted by Crippen LogP contribution is -2.49. The molecule has 1 amide bonds. The molecule has 0 aromatic carbocycles. The molecule has 0 aliphatic carbocycles. The lowest BCUT2D eigenvalue weighted by Gasteiger charge is -2.38. The quantitative estimate of drug-likeness (QED) is 0.690. The Morgan fingerprint density at radius 3 is 2.70 bits per heavy atom. The molecule has 2 saturated heterocycles. The van der Waals surface area contributed by atoms with Crippen LogP contribution in [0.25, 0.3) is 5.82 Å². The van der Waals surface area contributed by atoms with Crippen LogP contribution >= 0.6 is 0 Å². The number of hydrogen-bond acceptors (Lipinski definition) is 7. The molecular weight excluding hydrogens is 384 g/mol. The molecule has 0 bridgehead atoms. The van der Waals surface area contributed by atoms with E-state index in [4.69, 9.17) is 4.74 Å². The average molecular weight is 412 g/mol. The molecule has 2 atom stereocenters. The Labute approximate surface area is 176 Å². The average Bonchev–Trinajstić information content (AvgIpc) is 3.34. The number of carbonyl (C=O) groups is 2. The van der Waals surface area contributed by atoms with Crippen LogP contribution in [-0.2, 0) is 14.3 Å². The number of likely N-dealkylation sites (tertiary alicyclic amines) is 1. The second kappa shape index (κ2) is 9.23. The van der Waals surface area contributed by atoms with Gasteiger partial charge in [-0.2, -0.15) is 5.10 Å². The summed E-state index contributed by atoms with van der Waals surface area (Å²) in [5, 5.41) is 4.22. The van der Waals surface area contributed by atoms with Gasteiger partial charge in [-0.15, -0.1) is 0 Å². The van der Waals surface area contributed by atoms with Crippen LogP contribution in [0.4, 0.5) is 5.82 Å². The number of hydrogen-bond donors (Lipinski definition) is 0. The van der Waals surface area contributed by atoms with E-state index in [2.05, 4.69) is 20.0 Å². The molecule has 2 aromatic rings. The second-order valence-electron chi connectivity index (χ2n) is 7.85. The lowest BCUT2D eigenvalue weighted by atomic mass is 9.93. The number of esters is 1. The first-order chi connectivity index (χ1) is 14.7. The van der Waals surface area contributed by atoms with Gasteiger partial charge in [-0.1, -0.05) is 0 Å². The van der Waals surface area contributed by atoms with Crippen molar-refractivity contribution in [1.29, 1.82) is 0 Å². The summed E-state index contributed by atoms with van der Waals surface area (Å²) in [6, 6.07) is 3.75. The van der Waals surface area contributed by atoms with Gasteiger partial charge in [0.15, 0.2) is 5.82 Å². The van der Waals surface area contributed by atoms with Gasteiger partial charge in [-0.25, -0.2) is 14.6 Å². The maximum atomic E-state index is 13.2. The standard InChI is InChI=1S/C21H28N6O3/c1-2-30-21(29)17-7-4-10-26(14-17)20(28)16-6-3-9-25(13-16)18-12-19(23-15-22-18)27-11-5-8-24-27/h5,8,11-12,15-17H,2-4,6-7,9-10,13-14H2,1H3. The van der Waals surface area contributed by atoms with E-state index in [9.17, 15) is 9.59 Å². The van der Waals surface area contributed by atoms with Gasteiger partial charge in [0.05, 0.1) is 18.4 Å². The van der Waals surface area contributed by atoms with E-state index >= 15 is 0 Å². The van der Waals surface area contributed by atoms with Crippen LogP contribution in [0.2, 0.25) is 0 Å². The molecule has 0 radical (unpaired) electrons. The molecule has 30 heavy (non-hydrogen) atoms. The van der Waals surface area contributed by atoms with Gasteiger partial charge < -0.3 is 14.5 Å². The predicted molar refractivity (Wildman–Crippen MR) is 110 cm³/mol. The normalized spacial score (nSPS) is 22.0. The number of ether oxygens (including phenoxy) is 1. The number of rotatable bonds is 5. The van der Waals surface area contributed by atoms with Gasteiger partial charge >= 0.3 is 5.97 Å². The van der Waals surface area contributed by atoms with E-state index in [-0.39, 0.29) is 23.7 Å². The van der Waals surface area contributed by atoms with Crippen molar-refractivity contribution in [2.75, 3.05) is 37.7 Å². The van der Waals surface area contributed by atoms with Crippen molar-refractivity contribution in [2.24, 2.45) is 11.8 Å². The summed E-state index contributed by atoms with van der Waals surface area (Å²) in [4.78, 5) is 38.0. The zero-order chi connectivity index (χ0) is 20.9. The minimum atomic E-state index is -0.208. The molecule has 0 saturated carbocycles. The summed E-state index contributed by atoms with van der Waals surface area (Å²) < 4.78 is 6.86. The summed E-state index contributed by atoms with van der Waals surface area (Å²) in [5.74, 6) is 1.15. The predicted octanol–water partition coefficient (Wildman–Crippen LogP) is 1.68. The maximum absolute atomic E-state index is 13.2. The molecule has 2 aliphatic rings. The van der Waals surface area contributed by atoms with E-state index in [1.807, 2.05) is 30.2 Å². The Hall–Kier alpha value is -2.97. The molecular formula is C21H28N6O3. The third kappa shape index (κ3) is 4.44. The first-order valence-electron chi connectivity index (χ1n) is 10.7. The Morgan fingerprint density at radius 1 is 1.10 bits per heavy atom. The topological polar surface area (TPSA) is 93.5 Å². The molecule has 2 aromatic heterocycles. The van der Waals surface area contributed by atoms with Crippen molar-refractivity contribution >= 4 is 17.7 Å². The molecule has 2 aliphatic heterocycles. The number of nitrogens with zero attached hydrogens (tertiary/aromatic N) is 6. The van der Waals surface area contributed by atoms with E-state index in [1.54, 1.807) is 10.9 Å². The highest BCUT2D eigenvalue weighted by Crippen LogP contribution is 2.26. The van der Waals surface area contributed by atoms with Crippen molar-refractivity contribution in [3.8, 4) is 5.82 Å². The molecule has 4 rings (SSSR count). The van der Waals surface area contributed by atoms with Crippen molar-refractivity contribution in [3.63, 3.8) is 0 Å². The van der Waals surface area contributed by atoms with Gasteiger partial charge in [0.1, 0.15) is 12.1 Å². The summed E-state index contributed by atoms with van der Waals surface area (Å²) in [5.41, 5.74) is 0. The zero-order valence-corrected chi connectivity index (χ0v) is 17.3. The summed E-state index contributed by atoms with van der Waals surface area (Å²) in [6.45, 7) is 4.83. The minimum absolute atomic E-state index is 0.0946. The van der Waals surface area contributed by atoms with E-state index < -0.39 is 0 Å². The van der Waals surface area contributed by atoms with E-state index in [1.165, 1.54) is 6.33 Å². The smallest absolute Gasteiger partial charge is 0.310 e. The molecule has 2 unspecified atom stereocenters. The third-order valence-corrected chi connectivity index (χ3v) is 5.82. The summed E-state index contributed by atoms with van der Waals surface area (Å²) in [6.07, 6.45) is 8.48. The Morgan fingerprint density at radius 2 is 1.90 bits per heavy atom. The highest BCUT2D eigenvalue weighted by atomic mass is 16.5. The highest BCUT2D eigenvalue weighted by Gasteiger charge is 2.34. The van der Waals surface area contributed by atoms with Crippen molar-refractivity contribution < 1.29 is 14.3 Å². The van der Waals surface area contributed by atoms with Crippen molar-refractivity contribution in [3.05, 3.63) is 30.9 Å². The van der Waals surface area contributed by atoms with Gasteiger partial charge in [0, 0.05) is 44.6 Å². The van der Waals surface area contributed by atoms with Crippen LogP contribution in [0.15, 0.2) is 30.9 Å². The van der Waals surface area contributed by atoms with Crippen LogP contribution in [0.5, 0.6) is 0 Å². The monoisotopic (exact) mass is 412 g/mol. The van der Waals surface area contributed by atoms with Crippen molar-refractivity contribution in [2.45, 2.75) is 32.6 Å². The molecule has 0 N–H and O–H groups in total. The van der Waals surface area contributed by atoms with Crippen LogP contribution in [0, 0.1) is 11.8 Å². The minimum Gasteiger partial charge on any atom is -0.466 e. The molecule has 160 valence electrons. The number of carbonyl (C=O) groups excluding carboxylic acids is 2. The number of anilines is 1. The fourth-order valence-electron chi connectivity index (χ4n) is 4.31. The van der Waals surface area contributed by atoms with Crippen molar-refractivity contribution in [1.82, 2.24) is 24.6 Å². The SMILES string of the molecule is CCOC(=O)C1CCCN(C(=O)C2CCCN(c3cc(-n4cccn4)ncn3)C2)C1. The molecule has 2 fully saturated rings. The van der Waals surface area contributed by atoms with Gasteiger partial charge in [-0.05, 0) is 38.7 Å². The number of amides is 1. The second-order valence-corrected chi connectivity index (χ2v) is 7.85. The van der Waals surface area contributed by atoms with E-state index in [0.717, 1.165) is 38.0 Å². The highest BCUT2D eigenvalue weighted by molar-refractivity contribution is 5.81. The largest absolute Gasteiger partial charge is 0.466 e. The molecule has 9 heteroatoms. The van der Waals surface area contributed by atoms with Gasteiger partial charge in [-0.3, -0.25) is 9.59 Å². The third-order valence-electron chi connectivity index (χ3n) is 5.82. The zero-order valence-electron chi connectivity index (χ0n) is 17.3. The number of piperidine rings is 2. The Bertz CT molecular complexity index is 871. The van der Waals surface area contributed by atoms with Crippen LogP contribution in [-0.4, -0.2) is 69.3 Å². The number of aromatic nitrogens is 4. The molecule has 4 heterocycles. The summed E-state index contributed by atoms with van der Waals surface area (Å²) in [7, 11) is 0. The lowest BCUT2D eigenvalue weighted by molar-refractivity contribution is -0.152. The van der Waals surface area contributed by atoms with Crippen LogP contribution < -0.4 is 4.90 Å². The summed E-state index contributed by atoms with van der Waals surface area (Å²) >= 11 is 0. The Kier molecular flexibility index (Phi) is 6.25. The first-order valence-corrected chi connectivity index (χ1v) is 10.7. The van der Waals surface area contributed by atoms with Crippen LogP contribution in [0.1, 0.15) is 32.6 Å². The van der Waals surface area contributed by atoms with Crippen LogP contribution in [0.3, 0.4) is 0 Å².